The normalized spacial score (nSPS) is 18.5. The van der Waals surface area contributed by atoms with Crippen LogP contribution >= 0.6 is 11.3 Å². The number of thiophene rings is 1. The number of carbonyl (C=O) groups excluding carboxylic acids is 1. The van der Waals surface area contributed by atoms with Gasteiger partial charge in [0.05, 0.1) is 12.1 Å². The van der Waals surface area contributed by atoms with Crippen LogP contribution in [0.15, 0.2) is 17.5 Å². The lowest BCUT2D eigenvalue weighted by atomic mass is 9.89. The average molecular weight is 282 g/mol. The summed E-state index contributed by atoms with van der Waals surface area (Å²) in [5.74, 6) is 0.0548. The molecule has 4 nitrogen and oxygen atoms in total. The van der Waals surface area contributed by atoms with Gasteiger partial charge in [0.2, 0.25) is 5.91 Å². The highest BCUT2D eigenvalue weighted by Crippen LogP contribution is 2.24. The average Bonchev–Trinajstić information content (AvgIpc) is 2.88. The van der Waals surface area contributed by atoms with Crippen LogP contribution in [0.25, 0.3) is 0 Å². The summed E-state index contributed by atoms with van der Waals surface area (Å²) < 4.78 is 5.31. The minimum atomic E-state index is -0.750. The Bertz CT molecular complexity index is 411. The van der Waals surface area contributed by atoms with Gasteiger partial charge >= 0.3 is 0 Å². The molecule has 0 bridgehead atoms. The molecule has 1 aliphatic heterocycles. The Morgan fingerprint density at radius 1 is 1.53 bits per heavy atom. The minimum absolute atomic E-state index is 0.0548. The second kappa shape index (κ2) is 6.03. The molecule has 5 heteroatoms. The number of amides is 1. The van der Waals surface area contributed by atoms with E-state index in [2.05, 4.69) is 6.07 Å². The zero-order valence-electron chi connectivity index (χ0n) is 11.6. The van der Waals surface area contributed by atoms with Gasteiger partial charge < -0.3 is 15.4 Å². The van der Waals surface area contributed by atoms with Crippen molar-refractivity contribution >= 4 is 17.2 Å². The smallest absolute Gasteiger partial charge is 0.243 e. The molecule has 0 saturated carbocycles. The molecule has 1 aromatic heterocycles. The zero-order chi connectivity index (χ0) is 13.9. The van der Waals surface area contributed by atoms with Crippen LogP contribution in [0.5, 0.6) is 0 Å². The lowest BCUT2D eigenvalue weighted by Crippen LogP contribution is -2.59. The van der Waals surface area contributed by atoms with E-state index in [9.17, 15) is 4.79 Å². The van der Waals surface area contributed by atoms with E-state index in [1.54, 1.807) is 11.3 Å². The van der Waals surface area contributed by atoms with Crippen LogP contribution in [0, 0.1) is 0 Å². The fraction of sp³-hybridized carbons (Fsp3) is 0.643. The van der Waals surface area contributed by atoms with Gasteiger partial charge in [-0.3, -0.25) is 4.79 Å². The summed E-state index contributed by atoms with van der Waals surface area (Å²) in [4.78, 5) is 15.8. The van der Waals surface area contributed by atoms with Crippen molar-refractivity contribution in [3.05, 3.63) is 22.4 Å². The lowest BCUT2D eigenvalue weighted by Gasteiger charge is -2.38. The number of nitrogens with two attached hydrogens (primary N) is 1. The van der Waals surface area contributed by atoms with E-state index in [0.29, 0.717) is 32.6 Å². The Hall–Kier alpha value is -0.910. The topological polar surface area (TPSA) is 55.6 Å². The first-order chi connectivity index (χ1) is 9.03. The van der Waals surface area contributed by atoms with E-state index in [0.717, 1.165) is 0 Å². The van der Waals surface area contributed by atoms with Crippen molar-refractivity contribution in [2.24, 2.45) is 5.73 Å². The van der Waals surface area contributed by atoms with Crippen molar-refractivity contribution in [1.29, 1.82) is 0 Å². The quantitative estimate of drug-likeness (QED) is 0.919. The molecule has 0 unspecified atom stereocenters. The van der Waals surface area contributed by atoms with Gasteiger partial charge in [0.25, 0.3) is 0 Å². The highest BCUT2D eigenvalue weighted by Gasteiger charge is 2.39. The van der Waals surface area contributed by atoms with Crippen molar-refractivity contribution in [3.8, 4) is 0 Å². The van der Waals surface area contributed by atoms with Crippen molar-refractivity contribution in [2.45, 2.75) is 44.8 Å². The standard InChI is InChI=1S/C14H22N2O2S/c1-11(2)16(10-12-4-3-9-19-12)13(17)14(15)5-7-18-8-6-14/h3-4,9,11H,5-8,10,15H2,1-2H3. The van der Waals surface area contributed by atoms with Crippen LogP contribution in [0.4, 0.5) is 0 Å². The molecule has 2 rings (SSSR count). The van der Waals surface area contributed by atoms with Crippen molar-refractivity contribution in [3.63, 3.8) is 0 Å². The maximum atomic E-state index is 12.7. The van der Waals surface area contributed by atoms with Crippen molar-refractivity contribution in [1.82, 2.24) is 4.90 Å². The SMILES string of the molecule is CC(C)N(Cc1cccs1)C(=O)C1(N)CCOCC1. The van der Waals surface area contributed by atoms with E-state index in [1.807, 2.05) is 30.2 Å². The molecular formula is C14H22N2O2S. The van der Waals surface area contributed by atoms with Gasteiger partial charge in [0, 0.05) is 24.1 Å². The molecule has 2 N–H and O–H groups in total. The predicted octanol–water partition coefficient (Wildman–Crippen LogP) is 1.99. The third kappa shape index (κ3) is 3.35. The van der Waals surface area contributed by atoms with E-state index in [-0.39, 0.29) is 11.9 Å². The second-order valence-electron chi connectivity index (χ2n) is 5.37. The molecule has 1 aliphatic rings. The molecule has 19 heavy (non-hydrogen) atoms. The van der Waals surface area contributed by atoms with Gasteiger partial charge in [-0.05, 0) is 38.1 Å². The Morgan fingerprint density at radius 3 is 2.74 bits per heavy atom. The molecule has 0 spiro atoms. The fourth-order valence-corrected chi connectivity index (χ4v) is 3.00. The Morgan fingerprint density at radius 2 is 2.21 bits per heavy atom. The summed E-state index contributed by atoms with van der Waals surface area (Å²) >= 11 is 1.67. The van der Waals surface area contributed by atoms with Crippen molar-refractivity contribution in [2.75, 3.05) is 13.2 Å². The number of ether oxygens (including phenoxy) is 1. The number of hydrogen-bond acceptors (Lipinski definition) is 4. The molecule has 1 fully saturated rings. The second-order valence-corrected chi connectivity index (χ2v) is 6.41. The molecule has 0 radical (unpaired) electrons. The molecule has 2 heterocycles. The van der Waals surface area contributed by atoms with Gasteiger partial charge in [-0.1, -0.05) is 6.07 Å². The molecule has 106 valence electrons. The van der Waals surface area contributed by atoms with Crippen LogP contribution in [-0.2, 0) is 16.1 Å². The van der Waals surface area contributed by atoms with E-state index in [4.69, 9.17) is 10.5 Å². The Balaban J connectivity index is 2.11. The van der Waals surface area contributed by atoms with Crippen molar-refractivity contribution < 1.29 is 9.53 Å². The highest BCUT2D eigenvalue weighted by molar-refractivity contribution is 7.09. The van der Waals surface area contributed by atoms with Crippen LogP contribution < -0.4 is 5.73 Å². The summed E-state index contributed by atoms with van der Waals surface area (Å²) in [6.45, 7) is 5.87. The van der Waals surface area contributed by atoms with Crippen LogP contribution in [-0.4, -0.2) is 35.6 Å². The third-order valence-electron chi connectivity index (χ3n) is 3.60. The molecule has 1 amide bonds. The highest BCUT2D eigenvalue weighted by atomic mass is 32.1. The third-order valence-corrected chi connectivity index (χ3v) is 4.46. The predicted molar refractivity (Wildman–Crippen MR) is 77.0 cm³/mol. The van der Waals surface area contributed by atoms with Gasteiger partial charge in [0.15, 0.2) is 0 Å². The first-order valence-electron chi connectivity index (χ1n) is 6.73. The first-order valence-corrected chi connectivity index (χ1v) is 7.61. The van der Waals surface area contributed by atoms with Crippen LogP contribution in [0.2, 0.25) is 0 Å². The summed E-state index contributed by atoms with van der Waals surface area (Å²) in [6, 6.07) is 4.22. The minimum Gasteiger partial charge on any atom is -0.381 e. The number of hydrogen-bond donors (Lipinski definition) is 1. The molecule has 1 saturated heterocycles. The fourth-order valence-electron chi connectivity index (χ4n) is 2.29. The number of carbonyl (C=O) groups is 1. The number of nitrogens with zero attached hydrogens (tertiary/aromatic N) is 1. The maximum absolute atomic E-state index is 12.7. The maximum Gasteiger partial charge on any atom is 0.243 e. The summed E-state index contributed by atoms with van der Waals surface area (Å²) in [6.07, 6.45) is 1.22. The zero-order valence-corrected chi connectivity index (χ0v) is 12.4. The largest absolute Gasteiger partial charge is 0.381 e. The molecule has 1 aromatic rings. The summed E-state index contributed by atoms with van der Waals surface area (Å²) in [5, 5.41) is 2.03. The first kappa shape index (κ1) is 14.5. The van der Waals surface area contributed by atoms with E-state index < -0.39 is 5.54 Å². The monoisotopic (exact) mass is 282 g/mol. The lowest BCUT2D eigenvalue weighted by molar-refractivity contribution is -0.143. The molecular weight excluding hydrogens is 260 g/mol. The van der Waals surface area contributed by atoms with E-state index >= 15 is 0 Å². The van der Waals surface area contributed by atoms with E-state index in [1.165, 1.54) is 4.88 Å². The Labute approximate surface area is 118 Å². The van der Waals surface area contributed by atoms with Crippen LogP contribution in [0.1, 0.15) is 31.6 Å². The van der Waals surface area contributed by atoms with Gasteiger partial charge in [-0.2, -0.15) is 0 Å². The van der Waals surface area contributed by atoms with Crippen LogP contribution in [0.3, 0.4) is 0 Å². The summed E-state index contributed by atoms with van der Waals surface area (Å²) in [7, 11) is 0. The number of rotatable bonds is 4. The Kier molecular flexibility index (Phi) is 4.60. The van der Waals surface area contributed by atoms with Gasteiger partial charge in [0.1, 0.15) is 0 Å². The van der Waals surface area contributed by atoms with Gasteiger partial charge in [-0.15, -0.1) is 11.3 Å². The summed E-state index contributed by atoms with van der Waals surface area (Å²) in [5.41, 5.74) is 5.55. The molecule has 0 aromatic carbocycles. The molecule has 0 aliphatic carbocycles. The molecule has 0 atom stereocenters. The van der Waals surface area contributed by atoms with Gasteiger partial charge in [-0.25, -0.2) is 0 Å².